The molecule has 1 heterocycles. The summed E-state index contributed by atoms with van der Waals surface area (Å²) in [6.07, 6.45) is 0.771. The maximum atomic E-state index is 12.6. The normalized spacial score (nSPS) is 15.2. The molecule has 1 aliphatic rings. The Balaban J connectivity index is 2.44. The smallest absolute Gasteiger partial charge is 0.326 e. The Morgan fingerprint density at radius 2 is 2.14 bits per heavy atom. The van der Waals surface area contributed by atoms with E-state index in [-0.39, 0.29) is 5.91 Å². The molecule has 0 unspecified atom stereocenters. The van der Waals surface area contributed by atoms with E-state index < -0.39 is 12.0 Å². The van der Waals surface area contributed by atoms with Crippen LogP contribution in [0.5, 0.6) is 0 Å². The molecule has 21 heavy (non-hydrogen) atoms. The van der Waals surface area contributed by atoms with Crippen molar-refractivity contribution in [1.82, 2.24) is 10.2 Å². The van der Waals surface area contributed by atoms with Gasteiger partial charge in [-0.15, -0.1) is 0 Å². The van der Waals surface area contributed by atoms with Gasteiger partial charge in [-0.1, -0.05) is 17.7 Å². The quantitative estimate of drug-likeness (QED) is 0.894. The van der Waals surface area contributed by atoms with E-state index in [0.29, 0.717) is 10.6 Å². The summed E-state index contributed by atoms with van der Waals surface area (Å²) in [6, 6.07) is 1.06. The first-order chi connectivity index (χ1) is 9.84. The Kier molecular flexibility index (Phi) is 4.54. The number of carbonyl (C=O) groups excluding carboxylic acids is 1. The maximum absolute atomic E-state index is 12.6. The van der Waals surface area contributed by atoms with Crippen LogP contribution in [-0.4, -0.2) is 41.5 Å². The minimum absolute atomic E-state index is 0.353. The summed E-state index contributed by atoms with van der Waals surface area (Å²) in [5.74, 6) is -1.39. The zero-order chi connectivity index (χ0) is 15.7. The molecule has 2 rings (SSSR count). The number of carboxylic acid groups (broad SMARTS) is 1. The number of hydrogen-bond donors (Lipinski definition) is 2. The lowest BCUT2D eigenvalue weighted by atomic mass is 9.94. The van der Waals surface area contributed by atoms with E-state index in [1.54, 1.807) is 0 Å². The van der Waals surface area contributed by atoms with E-state index >= 15 is 0 Å². The van der Waals surface area contributed by atoms with E-state index in [4.69, 9.17) is 16.7 Å². The summed E-state index contributed by atoms with van der Waals surface area (Å²) >= 11 is 6.43. The standard InChI is InChI=1S/C15H19ClN2O3/c1-8-6-10-7-17-5-4-11(10)13(16)12(8)14(19)18(3)9(2)15(20)21/h6,9,17H,4-5,7H2,1-3H3,(H,20,21)/t9-/m0/s1. The van der Waals surface area contributed by atoms with Crippen LogP contribution in [0.4, 0.5) is 0 Å². The van der Waals surface area contributed by atoms with E-state index in [2.05, 4.69) is 5.32 Å². The van der Waals surface area contributed by atoms with Crippen LogP contribution in [0.15, 0.2) is 6.07 Å². The number of nitrogens with zero attached hydrogens (tertiary/aromatic N) is 1. The lowest BCUT2D eigenvalue weighted by molar-refractivity contribution is -0.141. The van der Waals surface area contributed by atoms with E-state index in [0.717, 1.165) is 36.2 Å². The van der Waals surface area contributed by atoms with Gasteiger partial charge in [0, 0.05) is 13.6 Å². The van der Waals surface area contributed by atoms with E-state index in [1.165, 1.54) is 18.9 Å². The Hall–Kier alpha value is -1.59. The molecular weight excluding hydrogens is 292 g/mol. The molecule has 0 fully saturated rings. The number of nitrogens with one attached hydrogen (secondary N) is 1. The van der Waals surface area contributed by atoms with Crippen LogP contribution in [0.1, 0.15) is 34.0 Å². The third-order valence-electron chi connectivity index (χ3n) is 4.00. The number of amides is 1. The molecule has 0 aliphatic carbocycles. The molecule has 0 saturated heterocycles. The van der Waals surface area contributed by atoms with Gasteiger partial charge in [-0.25, -0.2) is 4.79 Å². The lowest BCUT2D eigenvalue weighted by Gasteiger charge is -2.26. The highest BCUT2D eigenvalue weighted by atomic mass is 35.5. The van der Waals surface area contributed by atoms with Crippen molar-refractivity contribution in [3.63, 3.8) is 0 Å². The molecule has 5 nitrogen and oxygen atoms in total. The molecule has 1 aliphatic heterocycles. The molecule has 6 heteroatoms. The van der Waals surface area contributed by atoms with Crippen molar-refractivity contribution < 1.29 is 14.7 Å². The molecule has 114 valence electrons. The van der Waals surface area contributed by atoms with Gasteiger partial charge in [0.1, 0.15) is 6.04 Å². The summed E-state index contributed by atoms with van der Waals surface area (Å²) in [7, 11) is 1.48. The zero-order valence-electron chi connectivity index (χ0n) is 12.4. The number of halogens is 1. The van der Waals surface area contributed by atoms with Crippen LogP contribution in [0.2, 0.25) is 5.02 Å². The SMILES string of the molecule is Cc1cc2c(c(Cl)c1C(=O)N(C)[C@@H](C)C(=O)O)CCNC2. The van der Waals surface area contributed by atoms with Crippen molar-refractivity contribution in [3.05, 3.63) is 33.3 Å². The van der Waals surface area contributed by atoms with Crippen LogP contribution in [0.3, 0.4) is 0 Å². The molecule has 0 saturated carbocycles. The van der Waals surface area contributed by atoms with Gasteiger partial charge in [-0.3, -0.25) is 4.79 Å². The van der Waals surface area contributed by atoms with Gasteiger partial charge < -0.3 is 15.3 Å². The second kappa shape index (κ2) is 6.03. The second-order valence-electron chi connectivity index (χ2n) is 5.38. The van der Waals surface area contributed by atoms with Crippen LogP contribution < -0.4 is 5.32 Å². The number of carboxylic acids is 1. The van der Waals surface area contributed by atoms with Crippen molar-refractivity contribution in [1.29, 1.82) is 0 Å². The molecule has 1 atom stereocenters. The predicted octanol–water partition coefficient (Wildman–Crippen LogP) is 1.84. The van der Waals surface area contributed by atoms with E-state index in [9.17, 15) is 9.59 Å². The molecule has 0 bridgehead atoms. The van der Waals surface area contributed by atoms with Crippen molar-refractivity contribution in [2.75, 3.05) is 13.6 Å². The number of hydrogen-bond acceptors (Lipinski definition) is 3. The molecule has 0 radical (unpaired) electrons. The van der Waals surface area contributed by atoms with Crippen LogP contribution in [-0.2, 0) is 17.8 Å². The summed E-state index contributed by atoms with van der Waals surface area (Å²) < 4.78 is 0. The molecule has 2 N–H and O–H groups in total. The minimum atomic E-state index is -1.04. The Morgan fingerprint density at radius 3 is 2.76 bits per heavy atom. The number of likely N-dealkylation sites (N-methyl/N-ethyl adjacent to an activating group) is 1. The van der Waals surface area contributed by atoms with Gasteiger partial charge in [0.05, 0.1) is 10.6 Å². The number of rotatable bonds is 3. The molecular formula is C15H19ClN2O3. The third kappa shape index (κ3) is 2.89. The number of aryl methyl sites for hydroxylation is 1. The van der Waals surface area contributed by atoms with Gasteiger partial charge in [-0.2, -0.15) is 0 Å². The first-order valence-corrected chi connectivity index (χ1v) is 7.24. The maximum Gasteiger partial charge on any atom is 0.326 e. The molecule has 1 aromatic carbocycles. The summed E-state index contributed by atoms with van der Waals surface area (Å²) in [4.78, 5) is 24.8. The molecule has 1 amide bonds. The van der Waals surface area contributed by atoms with Crippen LogP contribution in [0, 0.1) is 6.92 Å². The first-order valence-electron chi connectivity index (χ1n) is 6.86. The highest BCUT2D eigenvalue weighted by molar-refractivity contribution is 6.35. The summed E-state index contributed by atoms with van der Waals surface area (Å²) in [5.41, 5.74) is 3.28. The van der Waals surface area contributed by atoms with Gasteiger partial charge in [0.2, 0.25) is 0 Å². The van der Waals surface area contributed by atoms with E-state index in [1.807, 2.05) is 13.0 Å². The average molecular weight is 311 g/mol. The fraction of sp³-hybridized carbons (Fsp3) is 0.467. The highest BCUT2D eigenvalue weighted by Gasteiger charge is 2.28. The van der Waals surface area contributed by atoms with Crippen molar-refractivity contribution >= 4 is 23.5 Å². The number of fused-ring (bicyclic) bond motifs is 1. The third-order valence-corrected chi connectivity index (χ3v) is 4.41. The molecule has 1 aromatic rings. The first kappa shape index (κ1) is 15.8. The minimum Gasteiger partial charge on any atom is -0.480 e. The summed E-state index contributed by atoms with van der Waals surface area (Å²) in [6.45, 7) is 4.87. The van der Waals surface area contributed by atoms with Gasteiger partial charge >= 0.3 is 5.97 Å². The van der Waals surface area contributed by atoms with Gasteiger partial charge in [-0.05, 0) is 43.5 Å². The second-order valence-corrected chi connectivity index (χ2v) is 5.76. The fourth-order valence-electron chi connectivity index (χ4n) is 2.53. The highest BCUT2D eigenvalue weighted by Crippen LogP contribution is 2.31. The molecule has 0 spiro atoms. The largest absolute Gasteiger partial charge is 0.480 e. The number of carbonyl (C=O) groups is 2. The Labute approximate surface area is 128 Å². The van der Waals surface area contributed by atoms with Crippen LogP contribution >= 0.6 is 11.6 Å². The molecule has 0 aromatic heterocycles. The average Bonchev–Trinajstić information content (AvgIpc) is 2.45. The van der Waals surface area contributed by atoms with Crippen molar-refractivity contribution in [2.45, 2.75) is 32.9 Å². The van der Waals surface area contributed by atoms with Gasteiger partial charge in [0.15, 0.2) is 0 Å². The fourth-order valence-corrected chi connectivity index (χ4v) is 2.98. The number of aliphatic carboxylic acids is 1. The van der Waals surface area contributed by atoms with Crippen LogP contribution in [0.25, 0.3) is 0 Å². The Morgan fingerprint density at radius 1 is 1.48 bits per heavy atom. The zero-order valence-corrected chi connectivity index (χ0v) is 13.1. The predicted molar refractivity (Wildman–Crippen MR) is 80.8 cm³/mol. The van der Waals surface area contributed by atoms with Crippen molar-refractivity contribution in [3.8, 4) is 0 Å². The van der Waals surface area contributed by atoms with Gasteiger partial charge in [0.25, 0.3) is 5.91 Å². The lowest BCUT2D eigenvalue weighted by Crippen LogP contribution is -2.40. The topological polar surface area (TPSA) is 69.6 Å². The number of benzene rings is 1. The summed E-state index contributed by atoms with van der Waals surface area (Å²) in [5, 5.41) is 12.8. The Bertz CT molecular complexity index is 601. The monoisotopic (exact) mass is 310 g/mol. The van der Waals surface area contributed by atoms with Crippen molar-refractivity contribution in [2.24, 2.45) is 0 Å².